The van der Waals surface area contributed by atoms with Gasteiger partial charge in [-0.3, -0.25) is 9.59 Å². The van der Waals surface area contributed by atoms with Crippen LogP contribution < -0.4 is 10.1 Å². The number of ether oxygens (including phenoxy) is 1. The smallest absolute Gasteiger partial charge is 0.258 e. The maximum Gasteiger partial charge on any atom is 0.258 e. The fourth-order valence-corrected chi connectivity index (χ4v) is 2.78. The Kier molecular flexibility index (Phi) is 3.82. The van der Waals surface area contributed by atoms with Crippen molar-refractivity contribution in [1.29, 1.82) is 0 Å². The Hall–Kier alpha value is -2.04. The van der Waals surface area contributed by atoms with Gasteiger partial charge in [0.05, 0.1) is 12.7 Å². The monoisotopic (exact) mass is 288 g/mol. The summed E-state index contributed by atoms with van der Waals surface area (Å²) in [7, 11) is 1.55. The number of likely N-dealkylation sites (tertiary alicyclic amines) is 1. The van der Waals surface area contributed by atoms with Crippen molar-refractivity contribution in [3.63, 3.8) is 0 Å². The molecule has 2 fully saturated rings. The van der Waals surface area contributed by atoms with Gasteiger partial charge in [-0.05, 0) is 37.8 Å². The van der Waals surface area contributed by atoms with Crippen LogP contribution in [0.2, 0.25) is 0 Å². The first-order valence-electron chi connectivity index (χ1n) is 7.45. The van der Waals surface area contributed by atoms with Crippen LogP contribution in [0.3, 0.4) is 0 Å². The Morgan fingerprint density at radius 1 is 1.24 bits per heavy atom. The molecule has 1 heterocycles. The summed E-state index contributed by atoms with van der Waals surface area (Å²) in [5.41, 5.74) is 0.520. The Balaban J connectivity index is 1.77. The molecule has 1 aliphatic heterocycles. The van der Waals surface area contributed by atoms with E-state index in [4.69, 9.17) is 4.74 Å². The Morgan fingerprint density at radius 2 is 2.00 bits per heavy atom. The normalized spacial score (nSPS) is 21.2. The molecule has 0 aromatic heterocycles. The van der Waals surface area contributed by atoms with Gasteiger partial charge in [0, 0.05) is 12.6 Å². The van der Waals surface area contributed by atoms with Gasteiger partial charge in [0.2, 0.25) is 5.91 Å². The second-order valence-electron chi connectivity index (χ2n) is 5.64. The van der Waals surface area contributed by atoms with Gasteiger partial charge < -0.3 is 15.0 Å². The second-order valence-corrected chi connectivity index (χ2v) is 5.64. The predicted octanol–water partition coefficient (Wildman–Crippen LogP) is 1.58. The number of carbonyl (C=O) groups is 2. The summed E-state index contributed by atoms with van der Waals surface area (Å²) in [5.74, 6) is 0.412. The van der Waals surface area contributed by atoms with Crippen molar-refractivity contribution < 1.29 is 14.3 Å². The predicted molar refractivity (Wildman–Crippen MR) is 78.2 cm³/mol. The number of amides is 2. The number of benzene rings is 1. The standard InChI is InChI=1S/C16H20N2O3/c1-21-14-7-3-2-5-12(14)16(20)18-10-4-6-13(18)15(19)17-11-8-9-11/h2-3,5,7,11,13H,4,6,8-10H2,1H3,(H,17,19). The number of rotatable bonds is 4. The van der Waals surface area contributed by atoms with Gasteiger partial charge in [-0.2, -0.15) is 0 Å². The molecule has 1 saturated carbocycles. The van der Waals surface area contributed by atoms with Crippen LogP contribution in [0.1, 0.15) is 36.0 Å². The molecule has 0 bridgehead atoms. The largest absolute Gasteiger partial charge is 0.496 e. The molecule has 0 spiro atoms. The Bertz CT molecular complexity index is 554. The molecule has 1 unspecified atom stereocenters. The molecule has 5 nitrogen and oxygen atoms in total. The fourth-order valence-electron chi connectivity index (χ4n) is 2.78. The summed E-state index contributed by atoms with van der Waals surface area (Å²) in [4.78, 5) is 26.6. The fraction of sp³-hybridized carbons (Fsp3) is 0.500. The van der Waals surface area contributed by atoms with Gasteiger partial charge in [-0.25, -0.2) is 0 Å². The van der Waals surface area contributed by atoms with Crippen LogP contribution in [0.25, 0.3) is 0 Å². The lowest BCUT2D eigenvalue weighted by molar-refractivity contribution is -0.125. The van der Waals surface area contributed by atoms with Crippen LogP contribution >= 0.6 is 0 Å². The van der Waals surface area contributed by atoms with Crippen molar-refractivity contribution >= 4 is 11.8 Å². The third kappa shape index (κ3) is 2.86. The third-order valence-corrected chi connectivity index (χ3v) is 4.08. The van der Waals surface area contributed by atoms with Crippen LogP contribution in [-0.2, 0) is 4.79 Å². The highest BCUT2D eigenvalue weighted by atomic mass is 16.5. The maximum absolute atomic E-state index is 12.7. The van der Waals surface area contributed by atoms with Gasteiger partial charge in [0.15, 0.2) is 0 Å². The SMILES string of the molecule is COc1ccccc1C(=O)N1CCCC1C(=O)NC1CC1. The van der Waals surface area contributed by atoms with Crippen molar-refractivity contribution in [2.45, 2.75) is 37.8 Å². The Labute approximate surface area is 124 Å². The minimum atomic E-state index is -0.344. The number of hydrogen-bond donors (Lipinski definition) is 1. The lowest BCUT2D eigenvalue weighted by Crippen LogP contribution is -2.46. The summed E-state index contributed by atoms with van der Waals surface area (Å²) in [6.07, 6.45) is 3.71. The number of para-hydroxylation sites is 1. The molecular weight excluding hydrogens is 268 g/mol. The lowest BCUT2D eigenvalue weighted by atomic mass is 10.1. The minimum Gasteiger partial charge on any atom is -0.496 e. The number of carbonyl (C=O) groups excluding carboxylic acids is 2. The van der Waals surface area contributed by atoms with Crippen LogP contribution in [0.5, 0.6) is 5.75 Å². The average molecular weight is 288 g/mol. The average Bonchev–Trinajstić information content (AvgIpc) is 3.18. The van der Waals surface area contributed by atoms with Crippen LogP contribution in [0, 0.1) is 0 Å². The van der Waals surface area contributed by atoms with E-state index in [2.05, 4.69) is 5.32 Å². The lowest BCUT2D eigenvalue weighted by Gasteiger charge is -2.24. The molecule has 1 atom stereocenters. The molecule has 0 radical (unpaired) electrons. The van der Waals surface area contributed by atoms with E-state index >= 15 is 0 Å². The zero-order chi connectivity index (χ0) is 14.8. The van der Waals surface area contributed by atoms with Gasteiger partial charge in [0.1, 0.15) is 11.8 Å². The molecule has 3 rings (SSSR count). The van der Waals surface area contributed by atoms with E-state index in [-0.39, 0.29) is 17.9 Å². The van der Waals surface area contributed by atoms with E-state index in [1.54, 1.807) is 24.1 Å². The summed E-state index contributed by atoms with van der Waals surface area (Å²) >= 11 is 0. The van der Waals surface area contributed by atoms with E-state index in [1.165, 1.54) is 0 Å². The van der Waals surface area contributed by atoms with Crippen molar-refractivity contribution in [1.82, 2.24) is 10.2 Å². The number of methoxy groups -OCH3 is 1. The first-order valence-corrected chi connectivity index (χ1v) is 7.45. The van der Waals surface area contributed by atoms with Crippen molar-refractivity contribution in [2.75, 3.05) is 13.7 Å². The molecule has 112 valence electrons. The van der Waals surface area contributed by atoms with Crippen molar-refractivity contribution in [2.24, 2.45) is 0 Å². The first kappa shape index (κ1) is 13.9. The quantitative estimate of drug-likeness (QED) is 0.915. The molecule has 1 aromatic rings. The first-order chi connectivity index (χ1) is 10.2. The third-order valence-electron chi connectivity index (χ3n) is 4.08. The van der Waals surface area contributed by atoms with Crippen molar-refractivity contribution in [3.05, 3.63) is 29.8 Å². The van der Waals surface area contributed by atoms with Crippen LogP contribution in [0.15, 0.2) is 24.3 Å². The summed E-state index contributed by atoms with van der Waals surface area (Å²) in [6.45, 7) is 0.625. The van der Waals surface area contributed by atoms with Crippen LogP contribution in [-0.4, -0.2) is 42.5 Å². The Morgan fingerprint density at radius 3 is 2.71 bits per heavy atom. The molecule has 1 aliphatic carbocycles. The number of nitrogens with zero attached hydrogens (tertiary/aromatic N) is 1. The van der Waals surface area contributed by atoms with E-state index in [9.17, 15) is 9.59 Å². The second kappa shape index (κ2) is 5.76. The van der Waals surface area contributed by atoms with Gasteiger partial charge in [0.25, 0.3) is 5.91 Å². The maximum atomic E-state index is 12.7. The molecular formula is C16H20N2O3. The summed E-state index contributed by atoms with van der Waals surface area (Å²) in [6, 6.07) is 7.13. The minimum absolute atomic E-state index is 0.0155. The topological polar surface area (TPSA) is 58.6 Å². The molecule has 5 heteroatoms. The van der Waals surface area contributed by atoms with E-state index in [1.807, 2.05) is 12.1 Å². The molecule has 2 aliphatic rings. The molecule has 21 heavy (non-hydrogen) atoms. The molecule has 1 N–H and O–H groups in total. The van der Waals surface area contributed by atoms with E-state index in [0.717, 1.165) is 25.7 Å². The number of nitrogens with one attached hydrogen (secondary N) is 1. The van der Waals surface area contributed by atoms with Crippen molar-refractivity contribution in [3.8, 4) is 5.75 Å². The zero-order valence-electron chi connectivity index (χ0n) is 12.2. The van der Waals surface area contributed by atoms with E-state index < -0.39 is 0 Å². The van der Waals surface area contributed by atoms with Gasteiger partial charge >= 0.3 is 0 Å². The highest BCUT2D eigenvalue weighted by molar-refractivity contribution is 6.00. The van der Waals surface area contributed by atoms with Gasteiger partial charge in [-0.15, -0.1) is 0 Å². The highest BCUT2D eigenvalue weighted by Gasteiger charge is 2.37. The molecule has 1 aromatic carbocycles. The van der Waals surface area contributed by atoms with E-state index in [0.29, 0.717) is 23.9 Å². The summed E-state index contributed by atoms with van der Waals surface area (Å²) in [5, 5.41) is 3.00. The molecule has 1 saturated heterocycles. The van der Waals surface area contributed by atoms with Gasteiger partial charge in [-0.1, -0.05) is 12.1 Å². The highest BCUT2D eigenvalue weighted by Crippen LogP contribution is 2.26. The number of hydrogen-bond acceptors (Lipinski definition) is 3. The molecule has 2 amide bonds. The summed E-state index contributed by atoms with van der Waals surface area (Å²) < 4.78 is 5.25. The zero-order valence-corrected chi connectivity index (χ0v) is 12.2. The van der Waals surface area contributed by atoms with Crippen LogP contribution in [0.4, 0.5) is 0 Å².